The molecule has 2 aromatic rings. The Bertz CT molecular complexity index is 716. The molecule has 1 amide bonds. The van der Waals surface area contributed by atoms with Gasteiger partial charge in [0.25, 0.3) is 0 Å². The number of hydrogen-bond acceptors (Lipinski definition) is 4. The summed E-state index contributed by atoms with van der Waals surface area (Å²) in [4.78, 5) is 18.1. The first-order chi connectivity index (χ1) is 12.1. The molecule has 2 heterocycles. The number of nitrogens with zero attached hydrogens (tertiary/aromatic N) is 2. The SMILES string of the molecule is O=C(CCN1CCN(Cc2ccc(Br)s2)CC1)Nc1cccc(F)c1. The average molecular weight is 426 g/mol. The van der Waals surface area contributed by atoms with Gasteiger partial charge in [0.2, 0.25) is 5.91 Å². The number of piperazine rings is 1. The molecule has 0 atom stereocenters. The van der Waals surface area contributed by atoms with Crippen LogP contribution in [0.25, 0.3) is 0 Å². The summed E-state index contributed by atoms with van der Waals surface area (Å²) >= 11 is 5.28. The third-order valence-corrected chi connectivity index (χ3v) is 5.85. The highest BCUT2D eigenvalue weighted by molar-refractivity contribution is 9.11. The van der Waals surface area contributed by atoms with Gasteiger partial charge in [0, 0.05) is 56.3 Å². The van der Waals surface area contributed by atoms with E-state index in [1.807, 2.05) is 0 Å². The number of thiophene rings is 1. The van der Waals surface area contributed by atoms with Gasteiger partial charge < -0.3 is 10.2 Å². The predicted molar refractivity (Wildman–Crippen MR) is 103 cm³/mol. The van der Waals surface area contributed by atoms with Gasteiger partial charge in [0.05, 0.1) is 3.79 Å². The van der Waals surface area contributed by atoms with Gasteiger partial charge in [-0.05, 0) is 46.3 Å². The highest BCUT2D eigenvalue weighted by Gasteiger charge is 2.18. The van der Waals surface area contributed by atoms with Crippen molar-refractivity contribution in [1.82, 2.24) is 9.80 Å². The zero-order chi connectivity index (χ0) is 17.6. The lowest BCUT2D eigenvalue weighted by molar-refractivity contribution is -0.116. The minimum absolute atomic E-state index is 0.0727. The van der Waals surface area contributed by atoms with Crippen molar-refractivity contribution < 1.29 is 9.18 Å². The van der Waals surface area contributed by atoms with E-state index < -0.39 is 0 Å². The van der Waals surface area contributed by atoms with Crippen molar-refractivity contribution in [3.8, 4) is 0 Å². The normalized spacial score (nSPS) is 16.1. The Morgan fingerprint density at radius 2 is 1.92 bits per heavy atom. The average Bonchev–Trinajstić information content (AvgIpc) is 2.99. The number of carbonyl (C=O) groups is 1. The van der Waals surface area contributed by atoms with E-state index >= 15 is 0 Å². The van der Waals surface area contributed by atoms with Crippen LogP contribution in [-0.2, 0) is 11.3 Å². The van der Waals surface area contributed by atoms with E-state index in [2.05, 4.69) is 43.2 Å². The van der Waals surface area contributed by atoms with Crippen LogP contribution in [0.5, 0.6) is 0 Å². The van der Waals surface area contributed by atoms with Gasteiger partial charge in [-0.15, -0.1) is 11.3 Å². The maximum absolute atomic E-state index is 13.1. The quantitative estimate of drug-likeness (QED) is 0.764. The summed E-state index contributed by atoms with van der Waals surface area (Å²) in [6.45, 7) is 5.70. The standard InChI is InChI=1S/C18H21BrFN3OS/c19-17-5-4-16(25-17)13-23-10-8-22(9-11-23)7-6-18(24)21-15-3-1-2-14(20)12-15/h1-5,12H,6-11,13H2,(H,21,24). The van der Waals surface area contributed by atoms with Crippen molar-refractivity contribution in [1.29, 1.82) is 0 Å². The number of halogens is 2. The molecule has 1 N–H and O–H groups in total. The van der Waals surface area contributed by atoms with Gasteiger partial charge in [0.15, 0.2) is 0 Å². The third kappa shape index (κ3) is 5.88. The number of benzene rings is 1. The number of hydrogen-bond donors (Lipinski definition) is 1. The molecule has 1 aliphatic heterocycles. The Labute approximate surface area is 159 Å². The van der Waals surface area contributed by atoms with Gasteiger partial charge >= 0.3 is 0 Å². The fourth-order valence-corrected chi connectivity index (χ4v) is 4.40. The fourth-order valence-electron chi connectivity index (χ4n) is 2.88. The minimum atomic E-state index is -0.341. The van der Waals surface area contributed by atoms with Crippen LogP contribution >= 0.6 is 27.3 Å². The molecule has 1 fully saturated rings. The molecule has 0 spiro atoms. The van der Waals surface area contributed by atoms with Crippen LogP contribution in [0.3, 0.4) is 0 Å². The molecule has 7 heteroatoms. The lowest BCUT2D eigenvalue weighted by Gasteiger charge is -2.34. The van der Waals surface area contributed by atoms with E-state index in [0.29, 0.717) is 12.1 Å². The van der Waals surface area contributed by atoms with Crippen molar-refractivity contribution in [3.63, 3.8) is 0 Å². The molecule has 1 aliphatic rings. The Kier molecular flexibility index (Phi) is 6.58. The Morgan fingerprint density at radius 1 is 1.16 bits per heavy atom. The molecule has 3 rings (SSSR count). The third-order valence-electron chi connectivity index (χ3n) is 4.24. The summed E-state index contributed by atoms with van der Waals surface area (Å²) in [5.41, 5.74) is 0.511. The maximum atomic E-state index is 13.1. The van der Waals surface area contributed by atoms with E-state index in [1.165, 1.54) is 20.8 Å². The van der Waals surface area contributed by atoms with E-state index in [-0.39, 0.29) is 11.7 Å². The molecule has 134 valence electrons. The summed E-state index contributed by atoms with van der Waals surface area (Å²) in [5, 5.41) is 2.75. The molecule has 4 nitrogen and oxygen atoms in total. The second-order valence-electron chi connectivity index (χ2n) is 6.13. The molecule has 25 heavy (non-hydrogen) atoms. The second-order valence-corrected chi connectivity index (χ2v) is 8.68. The molecule has 1 saturated heterocycles. The van der Waals surface area contributed by atoms with Crippen LogP contribution in [-0.4, -0.2) is 48.4 Å². The number of carbonyl (C=O) groups excluding carboxylic acids is 1. The smallest absolute Gasteiger partial charge is 0.225 e. The number of anilines is 1. The largest absolute Gasteiger partial charge is 0.326 e. The van der Waals surface area contributed by atoms with Crippen molar-refractivity contribution in [2.75, 3.05) is 38.0 Å². The molecular formula is C18H21BrFN3OS. The van der Waals surface area contributed by atoms with Crippen molar-refractivity contribution in [3.05, 3.63) is 50.9 Å². The van der Waals surface area contributed by atoms with Gasteiger partial charge in [-0.1, -0.05) is 6.07 Å². The zero-order valence-electron chi connectivity index (χ0n) is 13.9. The molecule has 0 unspecified atom stereocenters. The summed E-state index contributed by atoms with van der Waals surface area (Å²) in [6.07, 6.45) is 0.425. The summed E-state index contributed by atoms with van der Waals surface area (Å²) in [5.74, 6) is -0.414. The highest BCUT2D eigenvalue weighted by Crippen LogP contribution is 2.23. The topological polar surface area (TPSA) is 35.6 Å². The minimum Gasteiger partial charge on any atom is -0.326 e. The molecule has 0 saturated carbocycles. The van der Waals surface area contributed by atoms with Crippen LogP contribution in [0, 0.1) is 5.82 Å². The predicted octanol–water partition coefficient (Wildman–Crippen LogP) is 3.80. The van der Waals surface area contributed by atoms with Crippen LogP contribution in [0.2, 0.25) is 0 Å². The zero-order valence-corrected chi connectivity index (χ0v) is 16.3. The Balaban J connectivity index is 1.36. The molecular weight excluding hydrogens is 405 g/mol. The van der Waals surface area contributed by atoms with Gasteiger partial charge in [-0.3, -0.25) is 9.69 Å². The number of rotatable bonds is 6. The van der Waals surface area contributed by atoms with Crippen molar-refractivity contribution in [2.24, 2.45) is 0 Å². The van der Waals surface area contributed by atoms with Crippen LogP contribution in [0.4, 0.5) is 10.1 Å². The molecule has 1 aromatic heterocycles. The van der Waals surface area contributed by atoms with Crippen molar-refractivity contribution in [2.45, 2.75) is 13.0 Å². The Hall–Kier alpha value is -1.28. The maximum Gasteiger partial charge on any atom is 0.225 e. The first kappa shape index (κ1) is 18.5. The first-order valence-electron chi connectivity index (χ1n) is 8.33. The number of nitrogens with one attached hydrogen (secondary N) is 1. The van der Waals surface area contributed by atoms with E-state index in [0.717, 1.165) is 39.3 Å². The highest BCUT2D eigenvalue weighted by atomic mass is 79.9. The summed E-state index contributed by atoms with van der Waals surface area (Å²) in [7, 11) is 0. The van der Waals surface area contributed by atoms with Crippen LogP contribution in [0.15, 0.2) is 40.2 Å². The molecule has 1 aromatic carbocycles. The van der Waals surface area contributed by atoms with Gasteiger partial charge in [-0.2, -0.15) is 0 Å². The van der Waals surface area contributed by atoms with E-state index in [1.54, 1.807) is 23.5 Å². The van der Waals surface area contributed by atoms with Gasteiger partial charge in [0.1, 0.15) is 5.82 Å². The Morgan fingerprint density at radius 3 is 2.60 bits per heavy atom. The first-order valence-corrected chi connectivity index (χ1v) is 9.94. The van der Waals surface area contributed by atoms with E-state index in [4.69, 9.17) is 0 Å². The van der Waals surface area contributed by atoms with Gasteiger partial charge in [-0.25, -0.2) is 4.39 Å². The molecule has 0 radical (unpaired) electrons. The lowest BCUT2D eigenvalue weighted by Crippen LogP contribution is -2.46. The summed E-state index contributed by atoms with van der Waals surface area (Å²) in [6, 6.07) is 10.2. The van der Waals surface area contributed by atoms with E-state index in [9.17, 15) is 9.18 Å². The lowest BCUT2D eigenvalue weighted by atomic mass is 10.2. The van der Waals surface area contributed by atoms with Crippen LogP contribution < -0.4 is 5.32 Å². The molecule has 0 bridgehead atoms. The summed E-state index contributed by atoms with van der Waals surface area (Å²) < 4.78 is 14.3. The monoisotopic (exact) mass is 425 g/mol. The van der Waals surface area contributed by atoms with Crippen molar-refractivity contribution >= 4 is 38.9 Å². The fraction of sp³-hybridized carbons (Fsp3) is 0.389. The molecule has 0 aliphatic carbocycles. The second kappa shape index (κ2) is 8.89. The number of amides is 1. The van der Waals surface area contributed by atoms with Crippen LogP contribution in [0.1, 0.15) is 11.3 Å².